The molecule has 0 aliphatic rings. The van der Waals surface area contributed by atoms with Crippen LogP contribution in [-0.2, 0) is 19.0 Å². The van der Waals surface area contributed by atoms with Crippen LogP contribution in [0, 0.1) is 5.92 Å². The first-order valence-electron chi connectivity index (χ1n) is 21.7. The molecule has 48 heavy (non-hydrogen) atoms. The van der Waals surface area contributed by atoms with Crippen LogP contribution in [0.15, 0.2) is 0 Å². The molecule has 0 aromatic carbocycles. The van der Waals surface area contributed by atoms with Gasteiger partial charge in [0.15, 0.2) is 0 Å². The Kier molecular flexibility index (Phi) is 40.2. The van der Waals surface area contributed by atoms with Gasteiger partial charge < -0.3 is 19.5 Å². The number of unbranched alkanes of at least 4 members (excludes halogenated alkanes) is 22. The highest BCUT2D eigenvalue weighted by Gasteiger charge is 2.13. The number of ether oxygens (including phenoxy) is 3. The minimum atomic E-state index is 0.000517. The highest BCUT2D eigenvalue weighted by molar-refractivity contribution is 5.69. The molecule has 0 saturated heterocycles. The topological polar surface area (TPSA) is 56.8 Å². The van der Waals surface area contributed by atoms with Crippen molar-refractivity contribution < 1.29 is 19.0 Å². The Labute approximate surface area is 301 Å². The first-order chi connectivity index (χ1) is 23.7. The quantitative estimate of drug-likeness (QED) is 0.0514. The molecule has 0 radical (unpaired) electrons. The van der Waals surface area contributed by atoms with Gasteiger partial charge in [0.05, 0.1) is 19.3 Å². The fourth-order valence-corrected chi connectivity index (χ4v) is 6.48. The van der Waals surface area contributed by atoms with E-state index >= 15 is 0 Å². The number of hydrogen-bond donors (Lipinski definition) is 1. The van der Waals surface area contributed by atoms with Crippen molar-refractivity contribution >= 4 is 5.97 Å². The van der Waals surface area contributed by atoms with Crippen molar-refractivity contribution in [3.63, 3.8) is 0 Å². The molecule has 0 aliphatic carbocycles. The fourth-order valence-electron chi connectivity index (χ4n) is 6.48. The van der Waals surface area contributed by atoms with Crippen molar-refractivity contribution in [3.8, 4) is 0 Å². The summed E-state index contributed by atoms with van der Waals surface area (Å²) < 4.78 is 18.1. The average molecular weight is 682 g/mol. The van der Waals surface area contributed by atoms with E-state index in [9.17, 15) is 4.79 Å². The SMILES string of the molecule is CCCCCCCCCCCCOCC(CNCCCCCC(=O)OCC(CCCCCC)CCCCCCCC)OCCCCCC. The molecule has 0 heterocycles. The summed E-state index contributed by atoms with van der Waals surface area (Å²) in [5.74, 6) is 0.544. The van der Waals surface area contributed by atoms with Gasteiger partial charge in [-0.15, -0.1) is 0 Å². The molecule has 2 atom stereocenters. The summed E-state index contributed by atoms with van der Waals surface area (Å²) in [6.45, 7) is 13.9. The Morgan fingerprint density at radius 1 is 0.500 bits per heavy atom. The average Bonchev–Trinajstić information content (AvgIpc) is 3.09. The summed E-state index contributed by atoms with van der Waals surface area (Å²) in [4.78, 5) is 12.5. The van der Waals surface area contributed by atoms with Crippen LogP contribution in [0.5, 0.6) is 0 Å². The molecule has 0 fully saturated rings. The number of esters is 1. The van der Waals surface area contributed by atoms with Gasteiger partial charge in [-0.2, -0.15) is 0 Å². The third kappa shape index (κ3) is 36.6. The number of rotatable bonds is 41. The van der Waals surface area contributed by atoms with Gasteiger partial charge in [-0.05, 0) is 51.0 Å². The molecular weight excluding hydrogens is 594 g/mol. The molecule has 0 spiro atoms. The molecule has 5 heteroatoms. The fraction of sp³-hybridized carbons (Fsp3) is 0.977. The predicted octanol–water partition coefficient (Wildman–Crippen LogP) is 12.9. The first-order valence-corrected chi connectivity index (χ1v) is 21.7. The van der Waals surface area contributed by atoms with Crippen molar-refractivity contribution in [2.24, 2.45) is 5.92 Å². The molecule has 0 saturated carbocycles. The molecule has 0 aliphatic heterocycles. The van der Waals surface area contributed by atoms with Crippen LogP contribution in [-0.4, -0.2) is 51.6 Å². The Bertz CT molecular complexity index is 616. The maximum absolute atomic E-state index is 12.5. The van der Waals surface area contributed by atoms with Gasteiger partial charge in [0.1, 0.15) is 0 Å². The molecular formula is C43H87NO4. The smallest absolute Gasteiger partial charge is 0.305 e. The normalized spacial score (nSPS) is 12.8. The third-order valence-corrected chi connectivity index (χ3v) is 9.82. The lowest BCUT2D eigenvalue weighted by atomic mass is 9.95. The zero-order chi connectivity index (χ0) is 35.0. The monoisotopic (exact) mass is 682 g/mol. The van der Waals surface area contributed by atoms with Crippen LogP contribution in [0.3, 0.4) is 0 Å². The van der Waals surface area contributed by atoms with Crippen LogP contribution >= 0.6 is 0 Å². The molecule has 0 rings (SSSR count). The van der Waals surface area contributed by atoms with E-state index in [1.807, 2.05) is 0 Å². The van der Waals surface area contributed by atoms with Crippen molar-refractivity contribution in [3.05, 3.63) is 0 Å². The standard InChI is InChI=1S/C43H87NO4/c1-5-9-13-17-19-20-21-22-24-30-36-46-40-42(47-37-31-16-12-8-4)38-44-35-29-25-28-34-43(45)48-39-41(32-26-15-11-7-3)33-27-23-18-14-10-6-2/h41-42,44H,5-40H2,1-4H3. The lowest BCUT2D eigenvalue weighted by molar-refractivity contribution is -0.145. The van der Waals surface area contributed by atoms with E-state index in [4.69, 9.17) is 14.2 Å². The number of carbonyl (C=O) groups is 1. The van der Waals surface area contributed by atoms with E-state index in [-0.39, 0.29) is 12.1 Å². The summed E-state index contributed by atoms with van der Waals surface area (Å²) in [6.07, 6.45) is 37.7. The lowest BCUT2D eigenvalue weighted by Gasteiger charge is -2.19. The lowest BCUT2D eigenvalue weighted by Crippen LogP contribution is -2.34. The first kappa shape index (κ1) is 47.4. The van der Waals surface area contributed by atoms with Crippen molar-refractivity contribution in [1.82, 2.24) is 5.32 Å². The van der Waals surface area contributed by atoms with Gasteiger partial charge in [-0.25, -0.2) is 0 Å². The summed E-state index contributed by atoms with van der Waals surface area (Å²) in [5.41, 5.74) is 0. The van der Waals surface area contributed by atoms with Crippen molar-refractivity contribution in [2.45, 2.75) is 226 Å². The van der Waals surface area contributed by atoms with E-state index in [0.29, 0.717) is 25.6 Å². The third-order valence-electron chi connectivity index (χ3n) is 9.82. The van der Waals surface area contributed by atoms with Crippen LogP contribution in [0.1, 0.15) is 220 Å². The molecule has 5 nitrogen and oxygen atoms in total. The van der Waals surface area contributed by atoms with Gasteiger partial charge >= 0.3 is 5.97 Å². The van der Waals surface area contributed by atoms with Crippen LogP contribution in [0.25, 0.3) is 0 Å². The highest BCUT2D eigenvalue weighted by atomic mass is 16.5. The van der Waals surface area contributed by atoms with Crippen molar-refractivity contribution in [1.29, 1.82) is 0 Å². The van der Waals surface area contributed by atoms with Gasteiger partial charge in [-0.1, -0.05) is 175 Å². The molecule has 0 aromatic heterocycles. The largest absolute Gasteiger partial charge is 0.465 e. The van der Waals surface area contributed by atoms with Crippen LogP contribution < -0.4 is 5.32 Å². The van der Waals surface area contributed by atoms with E-state index < -0.39 is 0 Å². The minimum absolute atomic E-state index is 0.000517. The molecule has 0 aromatic rings. The summed E-state index contributed by atoms with van der Waals surface area (Å²) >= 11 is 0. The number of carbonyl (C=O) groups excluding carboxylic acids is 1. The molecule has 1 N–H and O–H groups in total. The number of nitrogens with one attached hydrogen (secondary N) is 1. The Morgan fingerprint density at radius 3 is 1.54 bits per heavy atom. The Hall–Kier alpha value is -0.650. The second-order valence-corrected chi connectivity index (χ2v) is 14.8. The Morgan fingerprint density at radius 2 is 0.958 bits per heavy atom. The van der Waals surface area contributed by atoms with Crippen molar-refractivity contribution in [2.75, 3.05) is 39.5 Å². The molecule has 2 unspecified atom stereocenters. The molecule has 0 bridgehead atoms. The maximum Gasteiger partial charge on any atom is 0.305 e. The minimum Gasteiger partial charge on any atom is -0.465 e. The second-order valence-electron chi connectivity index (χ2n) is 14.8. The number of hydrogen-bond acceptors (Lipinski definition) is 5. The zero-order valence-electron chi connectivity index (χ0n) is 33.2. The summed E-state index contributed by atoms with van der Waals surface area (Å²) in [5, 5.41) is 3.60. The zero-order valence-corrected chi connectivity index (χ0v) is 33.2. The second kappa shape index (κ2) is 40.8. The van der Waals surface area contributed by atoms with Crippen LogP contribution in [0.4, 0.5) is 0 Å². The predicted molar refractivity (Wildman–Crippen MR) is 209 cm³/mol. The summed E-state index contributed by atoms with van der Waals surface area (Å²) in [6, 6.07) is 0. The maximum atomic E-state index is 12.5. The van der Waals surface area contributed by atoms with E-state index in [1.165, 1.54) is 154 Å². The van der Waals surface area contributed by atoms with Gasteiger partial charge in [0.25, 0.3) is 0 Å². The van der Waals surface area contributed by atoms with E-state index in [2.05, 4.69) is 33.0 Å². The van der Waals surface area contributed by atoms with E-state index in [1.54, 1.807) is 0 Å². The van der Waals surface area contributed by atoms with Gasteiger partial charge in [-0.3, -0.25) is 4.79 Å². The van der Waals surface area contributed by atoms with Gasteiger partial charge in [0.2, 0.25) is 0 Å². The molecule has 0 amide bonds. The van der Waals surface area contributed by atoms with Gasteiger partial charge in [0, 0.05) is 26.2 Å². The molecule has 288 valence electrons. The summed E-state index contributed by atoms with van der Waals surface area (Å²) in [7, 11) is 0. The Balaban J connectivity index is 4.11. The van der Waals surface area contributed by atoms with Crippen LogP contribution in [0.2, 0.25) is 0 Å². The highest BCUT2D eigenvalue weighted by Crippen LogP contribution is 2.20. The van der Waals surface area contributed by atoms with E-state index in [0.717, 1.165) is 58.4 Å².